The molecule has 0 bridgehead atoms. The third-order valence-electron chi connectivity index (χ3n) is 10.1. The Morgan fingerprint density at radius 3 is 2.33 bits per heavy atom. The molecule has 0 spiro atoms. The van der Waals surface area contributed by atoms with Gasteiger partial charge in [0.2, 0.25) is 0 Å². The lowest BCUT2D eigenvalue weighted by Gasteiger charge is -2.47. The molecule has 10 heteroatoms. The normalized spacial score (nSPS) is 42.0. The van der Waals surface area contributed by atoms with E-state index in [4.69, 9.17) is 18.9 Å². The Morgan fingerprint density at radius 1 is 1.07 bits per heavy atom. The lowest BCUT2D eigenvalue weighted by molar-refractivity contribution is -0.295. The lowest BCUT2D eigenvalue weighted by atomic mass is 9.74. The van der Waals surface area contributed by atoms with E-state index >= 15 is 0 Å². The number of aliphatic hydroxyl groups excluding tert-OH is 1. The van der Waals surface area contributed by atoms with Crippen LogP contribution in [0, 0.1) is 23.2 Å². The first kappa shape index (κ1) is 35.3. The van der Waals surface area contributed by atoms with Crippen LogP contribution in [0.3, 0.4) is 0 Å². The van der Waals surface area contributed by atoms with Gasteiger partial charge in [0.1, 0.15) is 18.1 Å². The van der Waals surface area contributed by atoms with Crippen molar-refractivity contribution >= 4 is 11.8 Å². The molecule has 3 fully saturated rings. The molecule has 1 N–H and O–H groups in total. The Hall–Kier alpha value is -1.14. The molecule has 42 heavy (non-hydrogen) atoms. The summed E-state index contributed by atoms with van der Waals surface area (Å²) >= 11 is 0. The van der Waals surface area contributed by atoms with Crippen LogP contribution in [0.5, 0.6) is 0 Å². The zero-order chi connectivity index (χ0) is 31.6. The number of Topliss-reactive ketones (excluding diaryl/α,β-unsaturated/α-hetero) is 1. The van der Waals surface area contributed by atoms with Gasteiger partial charge in [-0.3, -0.25) is 14.5 Å². The molecule has 0 saturated carbocycles. The number of ketones is 1. The largest absolute Gasteiger partial charge is 0.463 e. The maximum Gasteiger partial charge on any atom is 0.319 e. The van der Waals surface area contributed by atoms with Gasteiger partial charge in [0.25, 0.3) is 0 Å². The second kappa shape index (κ2) is 14.3. The second-order valence-corrected chi connectivity index (χ2v) is 14.5. The monoisotopic (exact) mass is 597 g/mol. The fraction of sp³-hybridized carbons (Fsp3) is 0.938. The van der Waals surface area contributed by atoms with E-state index in [1.165, 1.54) is 0 Å². The Bertz CT molecular complexity index is 917. The van der Waals surface area contributed by atoms with E-state index in [1.807, 2.05) is 32.8 Å². The van der Waals surface area contributed by atoms with Crippen molar-refractivity contribution in [3.05, 3.63) is 0 Å². The summed E-state index contributed by atoms with van der Waals surface area (Å²) < 4.78 is 25.0. The van der Waals surface area contributed by atoms with E-state index in [-0.39, 0.29) is 36.5 Å². The Labute approximate surface area is 254 Å². The maximum absolute atomic E-state index is 14.2. The number of methoxy groups -OCH3 is 1. The molecule has 0 amide bonds. The first-order valence-corrected chi connectivity index (χ1v) is 15.8. The second-order valence-electron chi connectivity index (χ2n) is 14.5. The molecule has 244 valence electrons. The summed E-state index contributed by atoms with van der Waals surface area (Å²) in [5.41, 5.74) is -2.30. The number of esters is 1. The van der Waals surface area contributed by atoms with Crippen molar-refractivity contribution in [2.45, 2.75) is 110 Å². The van der Waals surface area contributed by atoms with Gasteiger partial charge in [-0.1, -0.05) is 13.8 Å². The number of cyclic esters (lactones) is 1. The Balaban J connectivity index is 1.99. The molecule has 10 nitrogen and oxygen atoms in total. The molecule has 0 aliphatic carbocycles. The smallest absolute Gasteiger partial charge is 0.319 e. The standard InChI is InChI=1S/C32H59N3O7/c1-20-16-32(6,39-11)28(42-29-26(36)24(33(7)8)15-21(2)41-29)22(3)27(37)31(4,5)30(38)40-19-25(35(10)17-20)23-13-12-14-34(9)18-23/h20-26,28-29,36H,12-19H2,1-11H3/t20-,21-,22+,23?,24+,25+,26-,28-,29+,32-/m1/s1. The maximum atomic E-state index is 14.2. The van der Waals surface area contributed by atoms with Gasteiger partial charge in [0, 0.05) is 38.2 Å². The summed E-state index contributed by atoms with van der Waals surface area (Å²) in [6, 6.07) is -0.123. The van der Waals surface area contributed by atoms with E-state index in [2.05, 4.69) is 30.8 Å². The number of likely N-dealkylation sites (tertiary alicyclic amines) is 1. The van der Waals surface area contributed by atoms with Crippen LogP contribution in [-0.2, 0) is 28.5 Å². The highest BCUT2D eigenvalue weighted by molar-refractivity contribution is 6.04. The summed E-state index contributed by atoms with van der Waals surface area (Å²) in [5, 5.41) is 11.3. The molecule has 3 saturated heterocycles. The summed E-state index contributed by atoms with van der Waals surface area (Å²) in [7, 11) is 9.75. The number of carbonyl (C=O) groups is 2. The van der Waals surface area contributed by atoms with Crippen molar-refractivity contribution in [1.29, 1.82) is 0 Å². The van der Waals surface area contributed by atoms with Crippen LogP contribution >= 0.6 is 0 Å². The Morgan fingerprint density at radius 2 is 1.74 bits per heavy atom. The van der Waals surface area contributed by atoms with E-state index in [0.717, 1.165) is 32.5 Å². The molecule has 10 atom stereocenters. The minimum absolute atomic E-state index is 0.0410. The van der Waals surface area contributed by atoms with Crippen molar-refractivity contribution in [3.63, 3.8) is 0 Å². The number of aliphatic hydroxyl groups is 1. The highest BCUT2D eigenvalue weighted by Gasteiger charge is 2.51. The molecule has 1 unspecified atom stereocenters. The fourth-order valence-corrected chi connectivity index (χ4v) is 7.58. The number of hydrogen-bond acceptors (Lipinski definition) is 10. The van der Waals surface area contributed by atoms with E-state index < -0.39 is 41.4 Å². The molecule has 0 aromatic heterocycles. The first-order valence-electron chi connectivity index (χ1n) is 15.8. The summed E-state index contributed by atoms with van der Waals surface area (Å²) in [5.74, 6) is -1.01. The van der Waals surface area contributed by atoms with Gasteiger partial charge in [-0.15, -0.1) is 0 Å². The number of rotatable bonds is 5. The zero-order valence-corrected chi connectivity index (χ0v) is 28.1. The quantitative estimate of drug-likeness (QED) is 0.376. The van der Waals surface area contributed by atoms with Crippen LogP contribution < -0.4 is 0 Å². The fourth-order valence-electron chi connectivity index (χ4n) is 7.58. The zero-order valence-electron chi connectivity index (χ0n) is 28.1. The average molecular weight is 598 g/mol. The number of piperidine rings is 1. The van der Waals surface area contributed by atoms with Gasteiger partial charge in [-0.25, -0.2) is 0 Å². The van der Waals surface area contributed by atoms with Crippen LogP contribution in [0.25, 0.3) is 0 Å². The van der Waals surface area contributed by atoms with Crippen molar-refractivity contribution in [1.82, 2.24) is 14.7 Å². The topological polar surface area (TPSA) is 101 Å². The van der Waals surface area contributed by atoms with Gasteiger partial charge in [0.15, 0.2) is 12.1 Å². The Kier molecular flexibility index (Phi) is 12.0. The minimum Gasteiger partial charge on any atom is -0.463 e. The third-order valence-corrected chi connectivity index (χ3v) is 10.1. The molecular formula is C32H59N3O7. The molecular weight excluding hydrogens is 538 g/mol. The molecule has 3 aliphatic rings. The van der Waals surface area contributed by atoms with E-state index in [1.54, 1.807) is 27.9 Å². The number of carbonyl (C=O) groups excluding carboxylic acids is 2. The first-order chi connectivity index (χ1) is 19.5. The van der Waals surface area contributed by atoms with Crippen molar-refractivity contribution in [2.75, 3.05) is 61.5 Å². The SMILES string of the molecule is CO[C@]1(C)C[C@@H](C)CN(C)[C@H](C2CCCN(C)C2)COC(=O)C(C)(C)C(=O)[C@H](C)[C@H]1O[C@@H]1O[C@H](C)C[C@H](N(C)C)[C@H]1O. The summed E-state index contributed by atoms with van der Waals surface area (Å²) in [4.78, 5) is 34.4. The lowest BCUT2D eigenvalue weighted by Crippen LogP contribution is -2.59. The predicted octanol–water partition coefficient (Wildman–Crippen LogP) is 2.66. The molecule has 3 heterocycles. The number of likely N-dealkylation sites (N-methyl/N-ethyl adjacent to an activating group) is 2. The van der Waals surface area contributed by atoms with Gasteiger partial charge in [-0.05, 0) is 99.9 Å². The number of ether oxygens (including phenoxy) is 4. The molecule has 0 radical (unpaired) electrons. The van der Waals surface area contributed by atoms with Crippen LogP contribution in [0.2, 0.25) is 0 Å². The van der Waals surface area contributed by atoms with Crippen molar-refractivity contribution in [2.24, 2.45) is 23.2 Å². The minimum atomic E-state index is -1.40. The highest BCUT2D eigenvalue weighted by Crippen LogP contribution is 2.38. The van der Waals surface area contributed by atoms with E-state index in [9.17, 15) is 14.7 Å². The van der Waals surface area contributed by atoms with Gasteiger partial charge >= 0.3 is 5.97 Å². The van der Waals surface area contributed by atoms with Crippen LogP contribution in [-0.4, -0.2) is 135 Å². The summed E-state index contributed by atoms with van der Waals surface area (Å²) in [6.45, 7) is 14.2. The molecule has 3 rings (SSSR count). The predicted molar refractivity (Wildman–Crippen MR) is 162 cm³/mol. The van der Waals surface area contributed by atoms with Crippen molar-refractivity contribution < 1.29 is 33.6 Å². The van der Waals surface area contributed by atoms with Gasteiger partial charge in [0.05, 0.1) is 17.8 Å². The van der Waals surface area contributed by atoms with Crippen LogP contribution in [0.4, 0.5) is 0 Å². The molecule has 0 aromatic carbocycles. The highest BCUT2D eigenvalue weighted by atomic mass is 16.7. The van der Waals surface area contributed by atoms with E-state index in [0.29, 0.717) is 18.8 Å². The number of hydrogen-bond donors (Lipinski definition) is 1. The molecule has 0 aromatic rings. The van der Waals surface area contributed by atoms with Gasteiger partial charge < -0.3 is 33.9 Å². The molecule has 3 aliphatic heterocycles. The third kappa shape index (κ3) is 7.92. The van der Waals surface area contributed by atoms with Crippen LogP contribution in [0.15, 0.2) is 0 Å². The number of nitrogens with zero attached hydrogens (tertiary/aromatic N) is 3. The van der Waals surface area contributed by atoms with Gasteiger partial charge in [-0.2, -0.15) is 0 Å². The summed E-state index contributed by atoms with van der Waals surface area (Å²) in [6.07, 6.45) is 0.660. The average Bonchev–Trinajstić information content (AvgIpc) is 2.91. The van der Waals surface area contributed by atoms with Crippen molar-refractivity contribution in [3.8, 4) is 0 Å². The van der Waals surface area contributed by atoms with Crippen LogP contribution in [0.1, 0.15) is 67.2 Å².